The van der Waals surface area contributed by atoms with Gasteiger partial charge in [0.15, 0.2) is 17.3 Å². The fraction of sp³-hybridized carbons (Fsp3) is 0.190. The highest BCUT2D eigenvalue weighted by molar-refractivity contribution is 5.96. The lowest BCUT2D eigenvalue weighted by molar-refractivity contribution is 0.0735. The normalized spacial score (nSPS) is 10.8. The predicted molar refractivity (Wildman–Crippen MR) is 105 cm³/mol. The van der Waals surface area contributed by atoms with Crippen molar-refractivity contribution in [2.24, 2.45) is 5.10 Å². The smallest absolute Gasteiger partial charge is 0.309 e. The van der Waals surface area contributed by atoms with Crippen LogP contribution in [-0.4, -0.2) is 37.9 Å². The molecule has 142 valence electrons. The summed E-state index contributed by atoms with van der Waals surface area (Å²) in [4.78, 5) is 12.9. The lowest BCUT2D eigenvalue weighted by atomic mass is 10.2. The van der Waals surface area contributed by atoms with Crippen molar-refractivity contribution in [3.8, 4) is 17.6 Å². The Morgan fingerprint density at radius 1 is 1.21 bits per heavy atom. The van der Waals surface area contributed by atoms with E-state index >= 15 is 0 Å². The van der Waals surface area contributed by atoms with Crippen LogP contribution in [0.5, 0.6) is 11.5 Å². The van der Waals surface area contributed by atoms with Crippen LogP contribution >= 0.6 is 0 Å². The number of fused-ring (bicyclic) bond motifs is 1. The zero-order chi connectivity index (χ0) is 19.9. The molecule has 0 atom stereocenters. The number of hydrogen-bond acceptors (Lipinski definition) is 6. The Kier molecular flexibility index (Phi) is 5.92. The van der Waals surface area contributed by atoms with Gasteiger partial charge in [0, 0.05) is 10.9 Å². The minimum absolute atomic E-state index is 0.134. The van der Waals surface area contributed by atoms with E-state index in [4.69, 9.17) is 19.2 Å². The van der Waals surface area contributed by atoms with Crippen LogP contribution in [0, 0.1) is 11.3 Å². The fourth-order valence-corrected chi connectivity index (χ4v) is 2.73. The Labute approximate surface area is 162 Å². The van der Waals surface area contributed by atoms with E-state index < -0.39 is 5.91 Å². The largest absolute Gasteiger partial charge is 0.493 e. The maximum Gasteiger partial charge on any atom is 0.309 e. The van der Waals surface area contributed by atoms with Crippen LogP contribution in [-0.2, 0) is 0 Å². The molecule has 28 heavy (non-hydrogen) atoms. The molecule has 1 heterocycles. The average molecular weight is 377 g/mol. The van der Waals surface area contributed by atoms with E-state index in [1.54, 1.807) is 37.4 Å². The molecule has 0 unspecified atom stereocenters. The van der Waals surface area contributed by atoms with Crippen molar-refractivity contribution in [2.75, 3.05) is 20.8 Å². The minimum Gasteiger partial charge on any atom is -0.493 e. The predicted octanol–water partition coefficient (Wildman–Crippen LogP) is 3.84. The topological polar surface area (TPSA) is 88.1 Å². The van der Waals surface area contributed by atoms with E-state index in [9.17, 15) is 4.79 Å². The number of hydrazone groups is 1. The van der Waals surface area contributed by atoms with Crippen LogP contribution in [0.2, 0.25) is 0 Å². The number of nitriles is 1. The molecule has 0 aliphatic carbocycles. The van der Waals surface area contributed by atoms with E-state index in [1.807, 2.05) is 24.3 Å². The standard InChI is InChI=1S/C21H19N3O4/c1-26-18-10-5-8-16(20(18)27-2)14-23-24(12-6-11-22)21(25)19-13-15-7-3-4-9-17(15)28-19/h3-5,7-10,13-14H,6,12H2,1-2H3/b23-14+. The monoisotopic (exact) mass is 377 g/mol. The summed E-state index contributed by atoms with van der Waals surface area (Å²) in [5.41, 5.74) is 1.26. The fourth-order valence-electron chi connectivity index (χ4n) is 2.73. The van der Waals surface area contributed by atoms with Crippen LogP contribution in [0.25, 0.3) is 11.0 Å². The summed E-state index contributed by atoms with van der Waals surface area (Å²) >= 11 is 0. The first kappa shape index (κ1) is 19.0. The summed E-state index contributed by atoms with van der Waals surface area (Å²) in [7, 11) is 3.07. The van der Waals surface area contributed by atoms with Crippen molar-refractivity contribution in [1.82, 2.24) is 5.01 Å². The second-order valence-electron chi connectivity index (χ2n) is 5.81. The summed E-state index contributed by atoms with van der Waals surface area (Å²) in [5.74, 6) is 0.794. The Hall–Kier alpha value is -3.79. The van der Waals surface area contributed by atoms with E-state index in [0.717, 1.165) is 5.39 Å². The Balaban J connectivity index is 1.91. The van der Waals surface area contributed by atoms with Crippen molar-refractivity contribution in [3.05, 3.63) is 59.9 Å². The van der Waals surface area contributed by atoms with Gasteiger partial charge >= 0.3 is 5.91 Å². The number of amides is 1. The van der Waals surface area contributed by atoms with E-state index in [-0.39, 0.29) is 18.7 Å². The van der Waals surface area contributed by atoms with Gasteiger partial charge < -0.3 is 13.9 Å². The average Bonchev–Trinajstić information content (AvgIpc) is 3.17. The second-order valence-corrected chi connectivity index (χ2v) is 5.81. The van der Waals surface area contributed by atoms with Gasteiger partial charge in [-0.1, -0.05) is 24.3 Å². The van der Waals surface area contributed by atoms with Crippen molar-refractivity contribution in [1.29, 1.82) is 5.26 Å². The lowest BCUT2D eigenvalue weighted by Gasteiger charge is -2.15. The molecule has 3 rings (SSSR count). The lowest BCUT2D eigenvalue weighted by Crippen LogP contribution is -2.26. The molecular weight excluding hydrogens is 358 g/mol. The molecule has 2 aromatic carbocycles. The van der Waals surface area contributed by atoms with Crippen LogP contribution in [0.4, 0.5) is 0 Å². The number of nitrogens with zero attached hydrogens (tertiary/aromatic N) is 3. The zero-order valence-corrected chi connectivity index (χ0v) is 15.6. The molecule has 3 aromatic rings. The first-order valence-corrected chi connectivity index (χ1v) is 8.60. The number of hydrogen-bond donors (Lipinski definition) is 0. The molecule has 0 fully saturated rings. The van der Waals surface area contributed by atoms with Crippen molar-refractivity contribution in [2.45, 2.75) is 6.42 Å². The number of carbonyl (C=O) groups excluding carboxylic acids is 1. The number of rotatable bonds is 7. The summed E-state index contributed by atoms with van der Waals surface area (Å²) in [6.45, 7) is 0.134. The molecule has 0 aliphatic rings. The first-order chi connectivity index (χ1) is 13.7. The Bertz CT molecular complexity index is 1020. The van der Waals surface area contributed by atoms with Gasteiger partial charge in [0.2, 0.25) is 0 Å². The van der Waals surface area contributed by atoms with E-state index in [0.29, 0.717) is 22.6 Å². The molecule has 0 saturated carbocycles. The highest BCUT2D eigenvalue weighted by Gasteiger charge is 2.19. The maximum atomic E-state index is 12.9. The van der Waals surface area contributed by atoms with Crippen LogP contribution < -0.4 is 9.47 Å². The molecule has 1 aromatic heterocycles. The molecule has 0 spiro atoms. The molecule has 0 saturated heterocycles. The SMILES string of the molecule is COc1cccc(/C=N/N(CCC#N)C(=O)c2cc3ccccc3o2)c1OC. The van der Waals surface area contributed by atoms with Crippen molar-refractivity contribution in [3.63, 3.8) is 0 Å². The van der Waals surface area contributed by atoms with Gasteiger partial charge in [0.1, 0.15) is 5.58 Å². The molecule has 0 radical (unpaired) electrons. The van der Waals surface area contributed by atoms with E-state index in [1.165, 1.54) is 18.3 Å². The third-order valence-electron chi connectivity index (χ3n) is 4.08. The van der Waals surface area contributed by atoms with Crippen LogP contribution in [0.3, 0.4) is 0 Å². The van der Waals surface area contributed by atoms with Gasteiger partial charge in [0.05, 0.1) is 39.5 Å². The third kappa shape index (κ3) is 3.96. The quantitative estimate of drug-likeness (QED) is 0.461. The van der Waals surface area contributed by atoms with Gasteiger partial charge in [0.25, 0.3) is 0 Å². The molecule has 7 nitrogen and oxygen atoms in total. The number of methoxy groups -OCH3 is 2. The maximum absolute atomic E-state index is 12.9. The van der Waals surface area contributed by atoms with Crippen LogP contribution in [0.1, 0.15) is 22.5 Å². The second kappa shape index (κ2) is 8.73. The zero-order valence-electron chi connectivity index (χ0n) is 15.6. The molecule has 0 bridgehead atoms. The van der Waals surface area contributed by atoms with Gasteiger partial charge in [-0.2, -0.15) is 10.4 Å². The number of benzene rings is 2. The molecular formula is C21H19N3O4. The third-order valence-corrected chi connectivity index (χ3v) is 4.08. The number of furan rings is 1. The molecule has 1 amide bonds. The molecule has 0 aliphatic heterocycles. The Morgan fingerprint density at radius 2 is 2.04 bits per heavy atom. The van der Waals surface area contributed by atoms with Crippen molar-refractivity contribution >= 4 is 23.1 Å². The van der Waals surface area contributed by atoms with E-state index in [2.05, 4.69) is 5.10 Å². The van der Waals surface area contributed by atoms with Crippen LogP contribution in [0.15, 0.2) is 58.0 Å². The summed E-state index contributed by atoms with van der Waals surface area (Å²) in [5, 5.41) is 15.2. The number of ether oxygens (including phenoxy) is 2. The number of para-hydroxylation sites is 2. The van der Waals surface area contributed by atoms with Gasteiger partial charge in [-0.15, -0.1) is 0 Å². The first-order valence-electron chi connectivity index (χ1n) is 8.60. The molecule has 7 heteroatoms. The van der Waals surface area contributed by atoms with Gasteiger partial charge in [-0.25, -0.2) is 5.01 Å². The number of carbonyl (C=O) groups is 1. The summed E-state index contributed by atoms with van der Waals surface area (Å²) < 4.78 is 16.3. The Morgan fingerprint density at radius 3 is 2.75 bits per heavy atom. The summed E-state index contributed by atoms with van der Waals surface area (Å²) in [6.07, 6.45) is 1.64. The highest BCUT2D eigenvalue weighted by atomic mass is 16.5. The van der Waals surface area contributed by atoms with Gasteiger partial charge in [-0.05, 0) is 24.3 Å². The minimum atomic E-state index is -0.426. The molecule has 0 N–H and O–H groups in total. The van der Waals surface area contributed by atoms with Crippen molar-refractivity contribution < 1.29 is 18.7 Å². The van der Waals surface area contributed by atoms with Gasteiger partial charge in [-0.3, -0.25) is 4.79 Å². The summed E-state index contributed by atoms with van der Waals surface area (Å²) in [6, 6.07) is 16.4. The highest BCUT2D eigenvalue weighted by Crippen LogP contribution is 2.29.